The first-order valence-electron chi connectivity index (χ1n) is 9.86. The maximum Gasteiger partial charge on any atom is 0.352 e. The molecule has 1 N–H and O–H groups in total. The number of hydrogen-bond acceptors (Lipinski definition) is 8. The van der Waals surface area contributed by atoms with Gasteiger partial charge in [-0.25, -0.2) is 4.79 Å². The molecule has 2 aliphatic rings. The minimum Gasteiger partial charge on any atom is -0.569 e. The molecule has 0 aromatic carbocycles. The van der Waals surface area contributed by atoms with E-state index in [1.54, 1.807) is 13.8 Å². The van der Waals surface area contributed by atoms with E-state index in [2.05, 4.69) is 5.28 Å². The van der Waals surface area contributed by atoms with E-state index in [4.69, 9.17) is 4.84 Å². The molecular formula is C19H24N4O6S2. The molecule has 168 valence electrons. The van der Waals surface area contributed by atoms with Crippen molar-refractivity contribution in [3.63, 3.8) is 0 Å². The topological polar surface area (TPSA) is 126 Å². The van der Waals surface area contributed by atoms with E-state index in [1.807, 2.05) is 17.5 Å². The lowest BCUT2D eigenvalue weighted by atomic mass is 9.89. The Morgan fingerprint density at radius 3 is 2.77 bits per heavy atom. The van der Waals surface area contributed by atoms with E-state index in [0.717, 1.165) is 4.88 Å². The number of β-lactam (4-membered cyclic amide) rings is 1. The summed E-state index contributed by atoms with van der Waals surface area (Å²) >= 11 is 2.88. The summed E-state index contributed by atoms with van der Waals surface area (Å²) in [7, 11) is 0. The number of hydrazine groups is 1. The molecule has 2 atom stereocenters. The van der Waals surface area contributed by atoms with Crippen LogP contribution in [0.2, 0.25) is 0 Å². The fourth-order valence-corrected chi connectivity index (χ4v) is 5.66. The monoisotopic (exact) mass is 468 g/mol. The lowest BCUT2D eigenvalue weighted by Crippen LogP contribution is -2.62. The van der Waals surface area contributed by atoms with E-state index in [9.17, 15) is 24.7 Å². The SMILES string of the molecule is CCN(CC)/[N+]([O-])=N/OCC1=C(C(=O)O)N2C(=O)C(CC(=O)Cc3cccs3)C2SC1. The second-order valence-corrected chi connectivity index (χ2v) is 9.16. The summed E-state index contributed by atoms with van der Waals surface area (Å²) in [5, 5.41) is 27.8. The molecule has 1 amide bonds. The number of carbonyl (C=O) groups is 3. The number of carboxylic acids is 1. The van der Waals surface area contributed by atoms with Crippen LogP contribution >= 0.6 is 23.1 Å². The van der Waals surface area contributed by atoms with Crippen LogP contribution in [0.5, 0.6) is 0 Å². The third-order valence-corrected chi connectivity index (χ3v) is 7.37. The second-order valence-electron chi connectivity index (χ2n) is 7.02. The molecule has 0 spiro atoms. The van der Waals surface area contributed by atoms with Crippen LogP contribution in [0.3, 0.4) is 0 Å². The lowest BCUT2D eigenvalue weighted by molar-refractivity contribution is -0.709. The number of aliphatic carboxylic acids is 1. The summed E-state index contributed by atoms with van der Waals surface area (Å²) < 4.78 is 0. The van der Waals surface area contributed by atoms with Gasteiger partial charge < -0.3 is 15.2 Å². The Balaban J connectivity index is 1.65. The second kappa shape index (κ2) is 10.1. The van der Waals surface area contributed by atoms with E-state index in [0.29, 0.717) is 29.4 Å². The van der Waals surface area contributed by atoms with Crippen LogP contribution in [0.15, 0.2) is 34.1 Å². The number of amides is 1. The zero-order chi connectivity index (χ0) is 22.5. The van der Waals surface area contributed by atoms with Crippen molar-refractivity contribution in [1.82, 2.24) is 9.91 Å². The normalized spacial score (nSPS) is 20.9. The van der Waals surface area contributed by atoms with E-state index >= 15 is 0 Å². The fourth-order valence-electron chi connectivity index (χ4n) is 3.53. The molecule has 3 heterocycles. The Morgan fingerprint density at radius 2 is 2.16 bits per heavy atom. The number of hydrogen-bond donors (Lipinski definition) is 1. The largest absolute Gasteiger partial charge is 0.569 e. The van der Waals surface area contributed by atoms with Crippen molar-refractivity contribution in [1.29, 1.82) is 0 Å². The van der Waals surface area contributed by atoms with Crippen LogP contribution in [-0.4, -0.2) is 68.5 Å². The Labute approximate surface area is 187 Å². The average Bonchev–Trinajstić information content (AvgIpc) is 3.25. The number of thiophene rings is 1. The molecule has 31 heavy (non-hydrogen) atoms. The van der Waals surface area contributed by atoms with Gasteiger partial charge in [-0.1, -0.05) is 6.07 Å². The number of carboxylic acid groups (broad SMARTS) is 1. The molecule has 1 aromatic rings. The minimum absolute atomic E-state index is 0.0400. The van der Waals surface area contributed by atoms with Crippen molar-refractivity contribution >= 4 is 40.8 Å². The van der Waals surface area contributed by atoms with E-state index in [-0.39, 0.29) is 36.8 Å². The third-order valence-electron chi connectivity index (χ3n) is 5.10. The number of Topliss-reactive ketones (excluding diaryl/α,β-unsaturated/α-hetero) is 1. The molecule has 2 unspecified atom stereocenters. The van der Waals surface area contributed by atoms with Crippen LogP contribution in [-0.2, 0) is 25.6 Å². The first kappa shape index (κ1) is 23.1. The third kappa shape index (κ3) is 5.01. The van der Waals surface area contributed by atoms with Gasteiger partial charge in [-0.2, -0.15) is 0 Å². The Morgan fingerprint density at radius 1 is 1.42 bits per heavy atom. The standard InChI is InChI=1S/C19H24N4O6S2/c1-3-21(4-2)23(28)20-29-10-12-11-31-18-15(17(25)22(18)16(12)19(26)27)9-13(24)8-14-6-5-7-30-14/h5-7,15,18H,3-4,8-11H2,1-2H3,(H,26,27)/b23-20-. The van der Waals surface area contributed by atoms with Gasteiger partial charge in [0.05, 0.1) is 29.4 Å². The van der Waals surface area contributed by atoms with Crippen molar-refractivity contribution in [2.45, 2.75) is 32.1 Å². The predicted octanol–water partition coefficient (Wildman–Crippen LogP) is 2.27. The number of thioether (sulfide) groups is 1. The highest BCUT2D eigenvalue weighted by Gasteiger charge is 2.53. The van der Waals surface area contributed by atoms with Crippen LogP contribution in [0.1, 0.15) is 25.1 Å². The molecule has 1 saturated heterocycles. The molecule has 2 aliphatic heterocycles. The van der Waals surface area contributed by atoms with Crippen LogP contribution < -0.4 is 0 Å². The molecular weight excluding hydrogens is 444 g/mol. The smallest absolute Gasteiger partial charge is 0.352 e. The predicted molar refractivity (Wildman–Crippen MR) is 114 cm³/mol. The summed E-state index contributed by atoms with van der Waals surface area (Å²) in [6.07, 6.45) is 0.368. The fraction of sp³-hybridized carbons (Fsp3) is 0.526. The highest BCUT2D eigenvalue weighted by Crippen LogP contribution is 2.45. The van der Waals surface area contributed by atoms with Crippen LogP contribution in [0.25, 0.3) is 0 Å². The molecule has 12 heteroatoms. The Bertz CT molecular complexity index is 897. The maximum atomic E-state index is 12.7. The first-order chi connectivity index (χ1) is 14.9. The quantitative estimate of drug-likeness (QED) is 0.227. The molecule has 10 nitrogen and oxygen atoms in total. The first-order valence-corrected chi connectivity index (χ1v) is 11.8. The summed E-state index contributed by atoms with van der Waals surface area (Å²) in [4.78, 5) is 44.4. The molecule has 3 rings (SSSR count). The number of carbonyl (C=O) groups excluding carboxylic acids is 2. The summed E-state index contributed by atoms with van der Waals surface area (Å²) in [6, 6.07) is 3.74. The summed E-state index contributed by atoms with van der Waals surface area (Å²) in [5.41, 5.74) is 0.216. The van der Waals surface area contributed by atoms with Gasteiger partial charge in [0.1, 0.15) is 18.1 Å². The Hall–Kier alpha value is -2.60. The van der Waals surface area contributed by atoms with Crippen LogP contribution in [0, 0.1) is 11.1 Å². The van der Waals surface area contributed by atoms with Crippen molar-refractivity contribution in [3.8, 4) is 0 Å². The van der Waals surface area contributed by atoms with Gasteiger partial charge >= 0.3 is 5.97 Å². The van der Waals surface area contributed by atoms with Gasteiger partial charge in [0.2, 0.25) is 11.2 Å². The number of nitrogens with zero attached hydrogens (tertiary/aromatic N) is 4. The van der Waals surface area contributed by atoms with Crippen molar-refractivity contribution in [2.24, 2.45) is 11.2 Å². The number of rotatable bonds is 11. The Kier molecular flexibility index (Phi) is 7.55. The van der Waals surface area contributed by atoms with Crippen LogP contribution in [0.4, 0.5) is 0 Å². The molecule has 0 aliphatic carbocycles. The van der Waals surface area contributed by atoms with Gasteiger partial charge in [0, 0.05) is 29.0 Å². The minimum atomic E-state index is -1.25. The average molecular weight is 469 g/mol. The zero-order valence-corrected chi connectivity index (χ0v) is 18.9. The summed E-state index contributed by atoms with van der Waals surface area (Å²) in [6.45, 7) is 4.27. The van der Waals surface area contributed by atoms with Gasteiger partial charge in [0.15, 0.2) is 0 Å². The van der Waals surface area contributed by atoms with Gasteiger partial charge in [-0.05, 0) is 25.3 Å². The van der Waals surface area contributed by atoms with Gasteiger partial charge in [0.25, 0.3) is 0 Å². The highest BCUT2D eigenvalue weighted by molar-refractivity contribution is 8.00. The van der Waals surface area contributed by atoms with Gasteiger partial charge in [-0.15, -0.1) is 28.1 Å². The maximum absolute atomic E-state index is 12.7. The van der Waals surface area contributed by atoms with Crippen molar-refractivity contribution in [2.75, 3.05) is 25.4 Å². The lowest BCUT2D eigenvalue weighted by Gasteiger charge is -2.49. The summed E-state index contributed by atoms with van der Waals surface area (Å²) in [5.74, 6) is -1.88. The van der Waals surface area contributed by atoms with Crippen molar-refractivity contribution in [3.05, 3.63) is 38.9 Å². The molecule has 1 aromatic heterocycles. The zero-order valence-electron chi connectivity index (χ0n) is 17.2. The number of ketones is 1. The molecule has 0 saturated carbocycles. The van der Waals surface area contributed by atoms with E-state index in [1.165, 1.54) is 33.0 Å². The van der Waals surface area contributed by atoms with Crippen molar-refractivity contribution < 1.29 is 29.3 Å². The molecule has 1 fully saturated rings. The van der Waals surface area contributed by atoms with Gasteiger partial charge in [-0.3, -0.25) is 14.5 Å². The number of fused-ring (bicyclic) bond motifs is 1. The highest BCUT2D eigenvalue weighted by atomic mass is 32.2. The molecule has 0 radical (unpaired) electrons. The van der Waals surface area contributed by atoms with E-state index < -0.39 is 17.3 Å². The molecule has 0 bridgehead atoms.